The number of hydrogen-bond acceptors (Lipinski definition) is 0. The maximum Gasteiger partial charge on any atom is 0.0720 e. The summed E-state index contributed by atoms with van der Waals surface area (Å²) in [5.74, 6) is 0.448. The summed E-state index contributed by atoms with van der Waals surface area (Å²) >= 11 is 14.8. The van der Waals surface area contributed by atoms with Crippen molar-refractivity contribution < 1.29 is 0 Å². The molecule has 0 radical (unpaired) electrons. The molecule has 0 nitrogen and oxygen atoms in total. The third-order valence-corrected chi connectivity index (χ3v) is 2.77. The summed E-state index contributed by atoms with van der Waals surface area (Å²) in [4.78, 5) is 0. The predicted octanol–water partition coefficient (Wildman–Crippen LogP) is 3.97. The second kappa shape index (κ2) is 4.34. The molecule has 0 spiro atoms. The van der Waals surface area contributed by atoms with Gasteiger partial charge in [-0.05, 0) is 17.7 Å². The summed E-state index contributed by atoms with van der Waals surface area (Å²) in [5.41, 5.74) is 1.06. The zero-order chi connectivity index (χ0) is 8.27. The third kappa shape index (κ3) is 2.66. The average Bonchev–Trinajstić information content (AvgIpc) is 2.05. The number of halogens is 3. The lowest BCUT2D eigenvalue weighted by atomic mass is 10.2. The second-order valence-electron chi connectivity index (χ2n) is 2.17. The lowest BCUT2D eigenvalue weighted by Gasteiger charge is -2.04. The summed E-state index contributed by atoms with van der Waals surface area (Å²) < 4.78 is 1.06. The first-order valence-electron chi connectivity index (χ1n) is 3.19. The van der Waals surface area contributed by atoms with Crippen molar-refractivity contribution in [2.24, 2.45) is 0 Å². The zero-order valence-electron chi connectivity index (χ0n) is 5.73. The van der Waals surface area contributed by atoms with Gasteiger partial charge in [0, 0.05) is 10.4 Å². The second-order valence-corrected chi connectivity index (χ2v) is 3.92. The summed E-state index contributed by atoms with van der Waals surface area (Å²) in [6.07, 6.45) is 0. The quantitative estimate of drug-likeness (QED) is 0.700. The summed E-state index contributed by atoms with van der Waals surface area (Å²) in [6, 6.07) is 7.84. The van der Waals surface area contributed by atoms with Crippen molar-refractivity contribution >= 4 is 39.1 Å². The number of alkyl halides is 2. The molecule has 1 aromatic rings. The molecule has 60 valence electrons. The van der Waals surface area contributed by atoms with Gasteiger partial charge in [-0.15, -0.1) is 23.2 Å². The van der Waals surface area contributed by atoms with Crippen molar-refractivity contribution in [3.8, 4) is 0 Å². The van der Waals surface area contributed by atoms with E-state index in [-0.39, 0.29) is 5.38 Å². The minimum absolute atomic E-state index is 0.0789. The Bertz CT molecular complexity index is 220. The molecule has 11 heavy (non-hydrogen) atoms. The topological polar surface area (TPSA) is 0 Å². The van der Waals surface area contributed by atoms with E-state index in [1.807, 2.05) is 24.3 Å². The van der Waals surface area contributed by atoms with Gasteiger partial charge in [0.25, 0.3) is 0 Å². The third-order valence-electron chi connectivity index (χ3n) is 1.37. The Balaban J connectivity index is 2.81. The van der Waals surface area contributed by atoms with Crippen LogP contribution in [0.25, 0.3) is 0 Å². The fraction of sp³-hybridized carbons (Fsp3) is 0.250. The van der Waals surface area contributed by atoms with Gasteiger partial charge in [0.1, 0.15) is 0 Å². The van der Waals surface area contributed by atoms with Crippen LogP contribution in [0.4, 0.5) is 0 Å². The van der Waals surface area contributed by atoms with E-state index in [0.717, 1.165) is 10.0 Å². The van der Waals surface area contributed by atoms with Crippen LogP contribution >= 0.6 is 39.1 Å². The minimum Gasteiger partial charge on any atom is -0.125 e. The van der Waals surface area contributed by atoms with E-state index in [4.69, 9.17) is 23.2 Å². The largest absolute Gasteiger partial charge is 0.125 e. The number of benzene rings is 1. The molecule has 0 saturated heterocycles. The molecule has 0 heterocycles. The lowest BCUT2D eigenvalue weighted by molar-refractivity contribution is 1.09. The molecule has 0 aromatic heterocycles. The van der Waals surface area contributed by atoms with Gasteiger partial charge in [-0.3, -0.25) is 0 Å². The Morgan fingerprint density at radius 1 is 1.27 bits per heavy atom. The molecule has 1 aromatic carbocycles. The van der Waals surface area contributed by atoms with Crippen LogP contribution in [0, 0.1) is 0 Å². The molecule has 0 aliphatic carbocycles. The van der Waals surface area contributed by atoms with Crippen LogP contribution < -0.4 is 0 Å². The fourth-order valence-electron chi connectivity index (χ4n) is 0.761. The van der Waals surface area contributed by atoms with E-state index in [1.165, 1.54) is 0 Å². The standard InChI is InChI=1S/C8H7BrCl2/c9-7-3-1-6(2-4-7)8(11)5-10/h1-4,8H,5H2/t8-/m0/s1. The molecule has 0 unspecified atom stereocenters. The number of rotatable bonds is 2. The van der Waals surface area contributed by atoms with Crippen LogP contribution in [0.2, 0.25) is 0 Å². The summed E-state index contributed by atoms with van der Waals surface area (Å²) in [7, 11) is 0. The van der Waals surface area contributed by atoms with Crippen molar-refractivity contribution in [1.29, 1.82) is 0 Å². The Labute approximate surface area is 84.6 Å². The minimum atomic E-state index is -0.0789. The van der Waals surface area contributed by atoms with Gasteiger partial charge >= 0.3 is 0 Å². The molecule has 1 atom stereocenters. The van der Waals surface area contributed by atoms with Crippen LogP contribution in [0.3, 0.4) is 0 Å². The monoisotopic (exact) mass is 252 g/mol. The molecule has 3 heteroatoms. The van der Waals surface area contributed by atoms with Gasteiger partial charge in [-0.2, -0.15) is 0 Å². The molecule has 0 aliphatic heterocycles. The van der Waals surface area contributed by atoms with Gasteiger partial charge in [0.2, 0.25) is 0 Å². The molecule has 0 aliphatic rings. The van der Waals surface area contributed by atoms with Gasteiger partial charge < -0.3 is 0 Å². The van der Waals surface area contributed by atoms with Crippen LogP contribution in [-0.4, -0.2) is 5.88 Å². The average molecular weight is 254 g/mol. The Hall–Kier alpha value is 0.280. The van der Waals surface area contributed by atoms with E-state index in [0.29, 0.717) is 5.88 Å². The molecule has 1 rings (SSSR count). The van der Waals surface area contributed by atoms with E-state index < -0.39 is 0 Å². The lowest BCUT2D eigenvalue weighted by Crippen LogP contribution is -1.89. The van der Waals surface area contributed by atoms with Crippen molar-refractivity contribution in [2.45, 2.75) is 5.38 Å². The van der Waals surface area contributed by atoms with Crippen molar-refractivity contribution in [3.05, 3.63) is 34.3 Å². The number of hydrogen-bond donors (Lipinski definition) is 0. The molecule has 0 N–H and O–H groups in total. The highest BCUT2D eigenvalue weighted by Gasteiger charge is 2.04. The molecule has 0 bridgehead atoms. The predicted molar refractivity (Wildman–Crippen MR) is 53.5 cm³/mol. The molecule has 0 fully saturated rings. The van der Waals surface area contributed by atoms with Gasteiger partial charge in [0.05, 0.1) is 5.38 Å². The maximum atomic E-state index is 5.90. The smallest absolute Gasteiger partial charge is 0.0720 e. The van der Waals surface area contributed by atoms with Crippen LogP contribution in [-0.2, 0) is 0 Å². The van der Waals surface area contributed by atoms with Crippen LogP contribution in [0.15, 0.2) is 28.7 Å². The maximum absolute atomic E-state index is 5.90. The molecular weight excluding hydrogens is 247 g/mol. The van der Waals surface area contributed by atoms with E-state index in [2.05, 4.69) is 15.9 Å². The Kier molecular flexibility index (Phi) is 3.70. The zero-order valence-corrected chi connectivity index (χ0v) is 8.83. The molecule has 0 amide bonds. The van der Waals surface area contributed by atoms with Crippen molar-refractivity contribution in [2.75, 3.05) is 5.88 Å². The van der Waals surface area contributed by atoms with E-state index in [9.17, 15) is 0 Å². The Morgan fingerprint density at radius 2 is 1.82 bits per heavy atom. The first-order chi connectivity index (χ1) is 5.24. The fourth-order valence-corrected chi connectivity index (χ4v) is 1.35. The summed E-state index contributed by atoms with van der Waals surface area (Å²) in [5, 5.41) is -0.0789. The van der Waals surface area contributed by atoms with Gasteiger partial charge in [-0.1, -0.05) is 28.1 Å². The van der Waals surface area contributed by atoms with Crippen LogP contribution in [0.1, 0.15) is 10.9 Å². The normalized spacial score (nSPS) is 13.0. The van der Waals surface area contributed by atoms with E-state index in [1.54, 1.807) is 0 Å². The van der Waals surface area contributed by atoms with E-state index >= 15 is 0 Å². The first kappa shape index (κ1) is 9.37. The highest BCUT2D eigenvalue weighted by atomic mass is 79.9. The van der Waals surface area contributed by atoms with Crippen molar-refractivity contribution in [3.63, 3.8) is 0 Å². The molecule has 0 saturated carbocycles. The summed E-state index contributed by atoms with van der Waals surface area (Å²) in [6.45, 7) is 0. The highest BCUT2D eigenvalue weighted by Crippen LogP contribution is 2.22. The molecular formula is C8H7BrCl2. The van der Waals surface area contributed by atoms with Crippen molar-refractivity contribution in [1.82, 2.24) is 0 Å². The highest BCUT2D eigenvalue weighted by molar-refractivity contribution is 9.10. The first-order valence-corrected chi connectivity index (χ1v) is 4.96. The van der Waals surface area contributed by atoms with Gasteiger partial charge in [0.15, 0.2) is 0 Å². The Morgan fingerprint density at radius 3 is 2.27 bits per heavy atom. The SMILES string of the molecule is ClC[C@H](Cl)c1ccc(Br)cc1. The van der Waals surface area contributed by atoms with Gasteiger partial charge in [-0.25, -0.2) is 0 Å². The van der Waals surface area contributed by atoms with Crippen LogP contribution in [0.5, 0.6) is 0 Å².